The van der Waals surface area contributed by atoms with Crippen molar-refractivity contribution in [3.8, 4) is 5.75 Å². The topological polar surface area (TPSA) is 54.8 Å². The third-order valence-electron chi connectivity index (χ3n) is 5.64. The van der Waals surface area contributed by atoms with Crippen molar-refractivity contribution >= 4 is 0 Å². The Labute approximate surface area is 154 Å². The fourth-order valence-corrected chi connectivity index (χ4v) is 4.14. The molecule has 4 rings (SSSR count). The summed E-state index contributed by atoms with van der Waals surface area (Å²) in [7, 11) is 0. The van der Waals surface area contributed by atoms with Crippen molar-refractivity contribution in [1.82, 2.24) is 9.88 Å². The zero-order chi connectivity index (χ0) is 17.8. The Hall–Kier alpha value is -1.95. The smallest absolute Gasteiger partial charge is 0.130 e. The van der Waals surface area contributed by atoms with Crippen LogP contribution in [-0.2, 0) is 17.9 Å². The molecule has 5 nitrogen and oxygen atoms in total. The van der Waals surface area contributed by atoms with Gasteiger partial charge >= 0.3 is 0 Å². The SMILES string of the molecule is OC[C@]12COCC[C@H]1CN(Cc1ccc(OCc3ccccn3)cc1)C2. The lowest BCUT2D eigenvalue weighted by molar-refractivity contribution is -0.0561. The molecule has 0 radical (unpaired) electrons. The molecule has 2 fully saturated rings. The molecule has 0 bridgehead atoms. The lowest BCUT2D eigenvalue weighted by Gasteiger charge is -2.36. The first-order valence-electron chi connectivity index (χ1n) is 9.30. The van der Waals surface area contributed by atoms with Crippen LogP contribution in [0.15, 0.2) is 48.7 Å². The Kier molecular flexibility index (Phi) is 5.20. The molecule has 0 spiro atoms. The molecule has 2 saturated heterocycles. The fraction of sp³-hybridized carbons (Fsp3) is 0.476. The maximum absolute atomic E-state index is 9.90. The average Bonchev–Trinajstić information content (AvgIpc) is 3.07. The molecule has 1 N–H and O–H groups in total. The van der Waals surface area contributed by atoms with Crippen molar-refractivity contribution in [2.75, 3.05) is 32.9 Å². The van der Waals surface area contributed by atoms with E-state index in [2.05, 4.69) is 22.0 Å². The Bertz CT molecular complexity index is 707. The predicted octanol–water partition coefficient (Wildman–Crippen LogP) is 2.49. The maximum atomic E-state index is 9.90. The van der Waals surface area contributed by atoms with Crippen molar-refractivity contribution in [2.45, 2.75) is 19.6 Å². The second kappa shape index (κ2) is 7.74. The van der Waals surface area contributed by atoms with Crippen LogP contribution in [0.25, 0.3) is 0 Å². The largest absolute Gasteiger partial charge is 0.487 e. The molecule has 138 valence electrons. The number of hydrogen-bond donors (Lipinski definition) is 1. The summed E-state index contributed by atoms with van der Waals surface area (Å²) in [6.07, 6.45) is 2.83. The van der Waals surface area contributed by atoms with Gasteiger partial charge in [-0.05, 0) is 42.2 Å². The van der Waals surface area contributed by atoms with E-state index in [9.17, 15) is 5.11 Å². The monoisotopic (exact) mass is 354 g/mol. The Morgan fingerprint density at radius 3 is 2.85 bits per heavy atom. The van der Waals surface area contributed by atoms with E-state index in [0.29, 0.717) is 19.1 Å². The van der Waals surface area contributed by atoms with Crippen LogP contribution in [0.3, 0.4) is 0 Å². The highest BCUT2D eigenvalue weighted by Crippen LogP contribution is 2.41. The van der Waals surface area contributed by atoms with E-state index in [1.165, 1.54) is 5.56 Å². The molecule has 0 aliphatic carbocycles. The number of aliphatic hydroxyl groups excluding tert-OH is 1. The second-order valence-corrected chi connectivity index (χ2v) is 7.48. The van der Waals surface area contributed by atoms with Crippen LogP contribution in [0.2, 0.25) is 0 Å². The number of hydrogen-bond acceptors (Lipinski definition) is 5. The van der Waals surface area contributed by atoms with Gasteiger partial charge in [0.2, 0.25) is 0 Å². The van der Waals surface area contributed by atoms with Gasteiger partial charge < -0.3 is 14.6 Å². The summed E-state index contributed by atoms with van der Waals surface area (Å²) in [6, 6.07) is 14.1. The third kappa shape index (κ3) is 3.75. The fourth-order valence-electron chi connectivity index (χ4n) is 4.14. The molecular weight excluding hydrogens is 328 g/mol. The van der Waals surface area contributed by atoms with Crippen molar-refractivity contribution in [1.29, 1.82) is 0 Å². The number of nitrogens with zero attached hydrogens (tertiary/aromatic N) is 2. The van der Waals surface area contributed by atoms with Gasteiger partial charge in [-0.3, -0.25) is 9.88 Å². The minimum absolute atomic E-state index is 0.0655. The van der Waals surface area contributed by atoms with Gasteiger partial charge in [-0.25, -0.2) is 0 Å². The highest BCUT2D eigenvalue weighted by molar-refractivity contribution is 5.27. The first-order valence-corrected chi connectivity index (χ1v) is 9.30. The van der Waals surface area contributed by atoms with Gasteiger partial charge in [0.1, 0.15) is 12.4 Å². The van der Waals surface area contributed by atoms with Gasteiger partial charge in [-0.15, -0.1) is 0 Å². The molecule has 1 aromatic carbocycles. The van der Waals surface area contributed by atoms with Gasteiger partial charge in [0.25, 0.3) is 0 Å². The van der Waals surface area contributed by atoms with Crippen LogP contribution in [0.1, 0.15) is 17.7 Å². The Balaban J connectivity index is 1.33. The van der Waals surface area contributed by atoms with Crippen molar-refractivity contribution < 1.29 is 14.6 Å². The van der Waals surface area contributed by atoms with E-state index in [1.54, 1.807) is 6.20 Å². The minimum atomic E-state index is -0.0655. The van der Waals surface area contributed by atoms with Crippen LogP contribution in [0.5, 0.6) is 5.75 Å². The molecule has 0 amide bonds. The number of ether oxygens (including phenoxy) is 2. The summed E-state index contributed by atoms with van der Waals surface area (Å²) in [6.45, 7) is 5.06. The molecule has 3 heterocycles. The number of likely N-dealkylation sites (tertiary alicyclic amines) is 1. The molecule has 2 aromatic rings. The number of aromatic nitrogens is 1. The van der Waals surface area contributed by atoms with Crippen molar-refractivity contribution in [3.05, 3.63) is 59.9 Å². The van der Waals surface area contributed by atoms with E-state index in [1.807, 2.05) is 30.3 Å². The molecule has 1 aromatic heterocycles. The van der Waals surface area contributed by atoms with Gasteiger partial charge in [0.05, 0.1) is 18.9 Å². The zero-order valence-electron chi connectivity index (χ0n) is 15.0. The van der Waals surface area contributed by atoms with Crippen molar-refractivity contribution in [2.24, 2.45) is 11.3 Å². The Morgan fingerprint density at radius 1 is 1.23 bits per heavy atom. The molecule has 0 saturated carbocycles. The Morgan fingerprint density at radius 2 is 2.12 bits per heavy atom. The first-order chi connectivity index (χ1) is 12.8. The van der Waals surface area contributed by atoms with Gasteiger partial charge in [0.15, 0.2) is 0 Å². The summed E-state index contributed by atoms with van der Waals surface area (Å²) in [4.78, 5) is 6.71. The highest BCUT2D eigenvalue weighted by Gasteiger charge is 2.47. The number of fused-ring (bicyclic) bond motifs is 1. The molecule has 2 aliphatic heterocycles. The summed E-state index contributed by atoms with van der Waals surface area (Å²) >= 11 is 0. The lowest BCUT2D eigenvalue weighted by atomic mass is 9.76. The highest BCUT2D eigenvalue weighted by atomic mass is 16.5. The lowest BCUT2D eigenvalue weighted by Crippen LogP contribution is -2.42. The van der Waals surface area contributed by atoms with E-state index >= 15 is 0 Å². The molecule has 2 atom stereocenters. The molecule has 5 heteroatoms. The quantitative estimate of drug-likeness (QED) is 0.864. The number of aliphatic hydroxyl groups is 1. The summed E-state index contributed by atoms with van der Waals surface area (Å²) in [5.74, 6) is 1.40. The van der Waals surface area contributed by atoms with E-state index in [0.717, 1.165) is 44.1 Å². The molecule has 26 heavy (non-hydrogen) atoms. The predicted molar refractivity (Wildman–Crippen MR) is 98.7 cm³/mol. The zero-order valence-corrected chi connectivity index (χ0v) is 15.0. The minimum Gasteiger partial charge on any atom is -0.487 e. The average molecular weight is 354 g/mol. The summed E-state index contributed by atoms with van der Waals surface area (Å²) < 4.78 is 11.4. The van der Waals surface area contributed by atoms with Crippen molar-refractivity contribution in [3.63, 3.8) is 0 Å². The van der Waals surface area contributed by atoms with Gasteiger partial charge in [-0.1, -0.05) is 18.2 Å². The van der Waals surface area contributed by atoms with Gasteiger partial charge in [-0.2, -0.15) is 0 Å². The normalized spacial score (nSPS) is 25.8. The van der Waals surface area contributed by atoms with Crippen LogP contribution in [-0.4, -0.2) is 47.9 Å². The maximum Gasteiger partial charge on any atom is 0.130 e. The molecule has 0 unspecified atom stereocenters. The summed E-state index contributed by atoms with van der Waals surface area (Å²) in [5.41, 5.74) is 2.12. The van der Waals surface area contributed by atoms with Crippen LogP contribution < -0.4 is 4.74 Å². The second-order valence-electron chi connectivity index (χ2n) is 7.48. The number of rotatable bonds is 6. The van der Waals surface area contributed by atoms with E-state index in [-0.39, 0.29) is 12.0 Å². The molecule has 2 aliphatic rings. The van der Waals surface area contributed by atoms with Crippen LogP contribution in [0, 0.1) is 11.3 Å². The number of benzene rings is 1. The third-order valence-corrected chi connectivity index (χ3v) is 5.64. The number of pyridine rings is 1. The standard InChI is InChI=1S/C21H26N2O3/c24-15-21-14-23(12-18(21)8-10-25-16-21)11-17-4-6-20(7-5-17)26-13-19-3-1-2-9-22-19/h1-7,9,18,24H,8,10-16H2/t18-,21+/m0/s1. The van der Waals surface area contributed by atoms with Crippen LogP contribution in [0.4, 0.5) is 0 Å². The van der Waals surface area contributed by atoms with Gasteiger partial charge in [0, 0.05) is 37.9 Å². The first kappa shape index (κ1) is 17.5. The van der Waals surface area contributed by atoms with E-state index < -0.39 is 0 Å². The van der Waals surface area contributed by atoms with Crippen LogP contribution >= 0.6 is 0 Å². The van der Waals surface area contributed by atoms with E-state index in [4.69, 9.17) is 9.47 Å². The molecular formula is C21H26N2O3. The summed E-state index contributed by atoms with van der Waals surface area (Å²) in [5, 5.41) is 9.90.